The van der Waals surface area contributed by atoms with Crippen LogP contribution in [0.2, 0.25) is 0 Å². The Labute approximate surface area is 178 Å². The van der Waals surface area contributed by atoms with Gasteiger partial charge >= 0.3 is 5.97 Å². The van der Waals surface area contributed by atoms with Crippen LogP contribution in [-0.2, 0) is 0 Å². The van der Waals surface area contributed by atoms with Gasteiger partial charge in [-0.3, -0.25) is 9.36 Å². The van der Waals surface area contributed by atoms with Gasteiger partial charge in [0.2, 0.25) is 5.43 Å². The summed E-state index contributed by atoms with van der Waals surface area (Å²) in [5.41, 5.74) is 3.56. The fraction of sp³-hybridized carbons (Fsp3) is 0.250. The number of aromatic nitrogens is 2. The minimum atomic E-state index is -1.58. The number of rotatable bonds is 4. The summed E-state index contributed by atoms with van der Waals surface area (Å²) < 4.78 is 43.8. The second-order valence-corrected chi connectivity index (χ2v) is 7.79. The Hall–Kier alpha value is -3.11. The third kappa shape index (κ3) is 3.61. The Balaban J connectivity index is 2.00. The minimum Gasteiger partial charge on any atom is -0.477 e. The van der Waals surface area contributed by atoms with Crippen LogP contribution < -0.4 is 16.1 Å². The summed E-state index contributed by atoms with van der Waals surface area (Å²) in [5, 5.41) is 8.68. The van der Waals surface area contributed by atoms with Crippen LogP contribution in [-0.4, -0.2) is 45.6 Å². The van der Waals surface area contributed by atoms with E-state index in [4.69, 9.17) is 17.3 Å². The third-order valence-corrected chi connectivity index (χ3v) is 5.77. The molecule has 31 heavy (non-hydrogen) atoms. The molecule has 3 N–H and O–H groups in total. The van der Waals surface area contributed by atoms with Gasteiger partial charge < -0.3 is 15.7 Å². The first-order chi connectivity index (χ1) is 14.7. The number of fused-ring (bicyclic) bond motifs is 1. The number of carbonyl (C=O) groups is 1. The van der Waals surface area contributed by atoms with E-state index in [-0.39, 0.29) is 46.9 Å². The summed E-state index contributed by atoms with van der Waals surface area (Å²) in [6.45, 7) is 0.858. The maximum Gasteiger partial charge on any atom is 0.341 e. The van der Waals surface area contributed by atoms with Gasteiger partial charge in [0.25, 0.3) is 0 Å². The predicted octanol–water partition coefficient (Wildman–Crippen LogP) is 2.50. The van der Waals surface area contributed by atoms with Crippen molar-refractivity contribution in [1.29, 1.82) is 0 Å². The maximum atomic E-state index is 14.9. The highest BCUT2D eigenvalue weighted by Crippen LogP contribution is 2.30. The molecule has 3 heterocycles. The van der Waals surface area contributed by atoms with E-state index in [0.717, 1.165) is 29.0 Å². The molecular weight excluding hydrogens is 437 g/mol. The number of halogens is 4. The van der Waals surface area contributed by atoms with Gasteiger partial charge in [0.15, 0.2) is 17.3 Å². The first-order valence-electron chi connectivity index (χ1n) is 9.25. The SMILES string of the molecule is NCC1CN(c2nc3c(cc2F)c(=O)c(C(=O)O)cn3-c2ccc(F)cc2F)CC1Cl. The van der Waals surface area contributed by atoms with Crippen molar-refractivity contribution in [1.82, 2.24) is 9.55 Å². The van der Waals surface area contributed by atoms with Crippen molar-refractivity contribution in [3.05, 3.63) is 63.7 Å². The molecular formula is C20H16ClF3N4O3. The Bertz CT molecular complexity index is 1270. The van der Waals surface area contributed by atoms with Gasteiger partial charge in [0.1, 0.15) is 17.2 Å². The number of carboxylic acid groups (broad SMARTS) is 1. The number of hydrogen-bond acceptors (Lipinski definition) is 5. The normalized spacial score (nSPS) is 18.7. The summed E-state index contributed by atoms with van der Waals surface area (Å²) in [4.78, 5) is 29.9. The van der Waals surface area contributed by atoms with E-state index in [1.54, 1.807) is 4.90 Å². The molecule has 2 unspecified atom stereocenters. The molecule has 2 atom stereocenters. The molecule has 0 spiro atoms. The van der Waals surface area contributed by atoms with Crippen LogP contribution in [0.4, 0.5) is 19.0 Å². The van der Waals surface area contributed by atoms with Crippen molar-refractivity contribution in [3.63, 3.8) is 0 Å². The lowest BCUT2D eigenvalue weighted by Gasteiger charge is -2.20. The highest BCUT2D eigenvalue weighted by molar-refractivity contribution is 6.21. The number of pyridine rings is 2. The average molecular weight is 453 g/mol. The number of hydrogen-bond donors (Lipinski definition) is 2. The smallest absolute Gasteiger partial charge is 0.341 e. The van der Waals surface area contributed by atoms with Gasteiger partial charge in [-0.15, -0.1) is 11.6 Å². The highest BCUT2D eigenvalue weighted by atomic mass is 35.5. The summed E-state index contributed by atoms with van der Waals surface area (Å²) in [6, 6.07) is 3.51. The first-order valence-corrected chi connectivity index (χ1v) is 9.68. The average Bonchev–Trinajstić information content (AvgIpc) is 3.09. The molecule has 0 radical (unpaired) electrons. The molecule has 0 saturated carbocycles. The number of nitrogens with two attached hydrogens (primary N) is 1. The zero-order valence-electron chi connectivity index (χ0n) is 15.9. The maximum absolute atomic E-state index is 14.9. The zero-order chi connectivity index (χ0) is 22.4. The third-order valence-electron chi connectivity index (χ3n) is 5.28. The number of aromatic carboxylic acids is 1. The van der Waals surface area contributed by atoms with Gasteiger partial charge in [-0.1, -0.05) is 0 Å². The molecule has 1 fully saturated rings. The molecule has 2 aromatic heterocycles. The van der Waals surface area contributed by atoms with E-state index in [2.05, 4.69) is 4.98 Å². The molecule has 162 valence electrons. The van der Waals surface area contributed by atoms with Crippen molar-refractivity contribution in [3.8, 4) is 5.69 Å². The quantitative estimate of drug-likeness (QED) is 0.590. The monoisotopic (exact) mass is 452 g/mol. The van der Waals surface area contributed by atoms with E-state index in [1.165, 1.54) is 0 Å². The number of anilines is 1. The summed E-state index contributed by atoms with van der Waals surface area (Å²) in [5.74, 6) is -4.54. The first kappa shape index (κ1) is 21.1. The molecule has 7 nitrogen and oxygen atoms in total. The Morgan fingerprint density at radius 2 is 1.97 bits per heavy atom. The van der Waals surface area contributed by atoms with Crippen LogP contribution >= 0.6 is 11.6 Å². The molecule has 11 heteroatoms. The van der Waals surface area contributed by atoms with Gasteiger partial charge in [0, 0.05) is 31.3 Å². The van der Waals surface area contributed by atoms with Gasteiger partial charge in [-0.05, 0) is 24.7 Å². The number of nitrogens with zero attached hydrogens (tertiary/aromatic N) is 3. The van der Waals surface area contributed by atoms with E-state index in [0.29, 0.717) is 12.6 Å². The van der Waals surface area contributed by atoms with Crippen molar-refractivity contribution in [2.75, 3.05) is 24.5 Å². The lowest BCUT2D eigenvalue weighted by atomic mass is 10.1. The second-order valence-electron chi connectivity index (χ2n) is 7.22. The standard InChI is InChI=1S/C20H16ClF3N4O3/c21-13-8-27(6-9(13)5-25)19-15(24)4-11-17(29)12(20(30)31)7-28(18(11)26-19)16-2-1-10(22)3-14(16)23/h1-4,7,9,13H,5-6,8,25H2,(H,30,31). The molecule has 0 amide bonds. The van der Waals surface area contributed by atoms with Crippen LogP contribution in [0.25, 0.3) is 16.7 Å². The van der Waals surface area contributed by atoms with E-state index < -0.39 is 34.4 Å². The fourth-order valence-corrected chi connectivity index (χ4v) is 4.02. The van der Waals surface area contributed by atoms with Crippen molar-refractivity contribution < 1.29 is 23.1 Å². The summed E-state index contributed by atoms with van der Waals surface area (Å²) in [7, 11) is 0. The van der Waals surface area contributed by atoms with E-state index in [1.807, 2.05) is 0 Å². The highest BCUT2D eigenvalue weighted by Gasteiger charge is 2.33. The largest absolute Gasteiger partial charge is 0.477 e. The summed E-state index contributed by atoms with van der Waals surface area (Å²) in [6.07, 6.45) is 0.884. The van der Waals surface area contributed by atoms with Crippen LogP contribution in [0, 0.1) is 23.4 Å². The molecule has 1 aliphatic heterocycles. The van der Waals surface area contributed by atoms with Crippen molar-refractivity contribution >= 4 is 34.4 Å². The summed E-state index contributed by atoms with van der Waals surface area (Å²) >= 11 is 6.26. The fourth-order valence-electron chi connectivity index (χ4n) is 3.68. The Morgan fingerprint density at radius 3 is 2.58 bits per heavy atom. The van der Waals surface area contributed by atoms with Crippen LogP contribution in [0.5, 0.6) is 0 Å². The molecule has 0 bridgehead atoms. The number of alkyl halides is 1. The van der Waals surface area contributed by atoms with Gasteiger partial charge in [-0.2, -0.15) is 0 Å². The topological polar surface area (TPSA) is 101 Å². The van der Waals surface area contributed by atoms with E-state index >= 15 is 0 Å². The van der Waals surface area contributed by atoms with Crippen LogP contribution in [0.15, 0.2) is 35.3 Å². The van der Waals surface area contributed by atoms with Gasteiger partial charge in [0.05, 0.1) is 16.5 Å². The predicted molar refractivity (Wildman–Crippen MR) is 109 cm³/mol. The van der Waals surface area contributed by atoms with Crippen LogP contribution in [0.1, 0.15) is 10.4 Å². The van der Waals surface area contributed by atoms with Crippen molar-refractivity contribution in [2.24, 2.45) is 11.7 Å². The zero-order valence-corrected chi connectivity index (χ0v) is 16.6. The lowest BCUT2D eigenvalue weighted by molar-refractivity contribution is 0.0695. The minimum absolute atomic E-state index is 0.107. The Morgan fingerprint density at radius 1 is 1.23 bits per heavy atom. The van der Waals surface area contributed by atoms with Gasteiger partial charge in [-0.25, -0.2) is 22.9 Å². The van der Waals surface area contributed by atoms with Crippen LogP contribution in [0.3, 0.4) is 0 Å². The number of carboxylic acids is 1. The molecule has 4 rings (SSSR count). The number of benzene rings is 1. The second kappa shape index (κ2) is 7.86. The lowest BCUT2D eigenvalue weighted by Crippen LogP contribution is -2.26. The molecule has 1 saturated heterocycles. The van der Waals surface area contributed by atoms with Crippen molar-refractivity contribution in [2.45, 2.75) is 5.38 Å². The Kier molecular flexibility index (Phi) is 5.36. The molecule has 3 aromatic rings. The molecule has 1 aromatic carbocycles. The molecule has 1 aliphatic rings. The molecule has 0 aliphatic carbocycles. The van der Waals surface area contributed by atoms with E-state index in [9.17, 15) is 27.9 Å².